The fourth-order valence-electron chi connectivity index (χ4n) is 5.09. The number of carbonyl (C=O) groups is 2. The average Bonchev–Trinajstić information content (AvgIpc) is 3.34. The van der Waals surface area contributed by atoms with E-state index in [9.17, 15) is 9.59 Å². The predicted molar refractivity (Wildman–Crippen MR) is 151 cm³/mol. The van der Waals surface area contributed by atoms with Crippen LogP contribution >= 0.6 is 0 Å². The molecule has 3 aromatic rings. The highest BCUT2D eigenvalue weighted by atomic mass is 16.6. The van der Waals surface area contributed by atoms with E-state index in [2.05, 4.69) is 40.8 Å². The number of nitrogens with zero attached hydrogens (tertiary/aromatic N) is 1. The van der Waals surface area contributed by atoms with Crippen LogP contribution in [-0.4, -0.2) is 35.6 Å². The summed E-state index contributed by atoms with van der Waals surface area (Å²) in [5.41, 5.74) is 4.40. The van der Waals surface area contributed by atoms with Crippen molar-refractivity contribution in [2.45, 2.75) is 64.6 Å². The van der Waals surface area contributed by atoms with Crippen molar-refractivity contribution < 1.29 is 19.1 Å². The van der Waals surface area contributed by atoms with Gasteiger partial charge in [-0.3, -0.25) is 10.1 Å². The van der Waals surface area contributed by atoms with Crippen molar-refractivity contribution in [3.05, 3.63) is 82.5 Å². The van der Waals surface area contributed by atoms with Gasteiger partial charge in [-0.25, -0.2) is 9.78 Å². The molecule has 8 nitrogen and oxygen atoms in total. The minimum absolute atomic E-state index is 0.180. The molecule has 0 radical (unpaired) electrons. The summed E-state index contributed by atoms with van der Waals surface area (Å²) >= 11 is 0. The molecule has 0 spiro atoms. The van der Waals surface area contributed by atoms with Crippen LogP contribution in [0.15, 0.2) is 54.7 Å². The fraction of sp³-hybridized carbons (Fsp3) is 0.387. The number of pyridine rings is 1. The van der Waals surface area contributed by atoms with Crippen molar-refractivity contribution >= 4 is 23.4 Å². The number of benzene rings is 2. The third kappa shape index (κ3) is 5.91. The highest BCUT2D eigenvalue weighted by Crippen LogP contribution is 2.37. The summed E-state index contributed by atoms with van der Waals surface area (Å²) in [5.74, 6) is 0.817. The van der Waals surface area contributed by atoms with Gasteiger partial charge in [-0.2, -0.15) is 0 Å². The van der Waals surface area contributed by atoms with Crippen LogP contribution in [0.25, 0.3) is 0 Å². The highest BCUT2D eigenvalue weighted by Gasteiger charge is 2.37. The number of ether oxygens (including phenoxy) is 2. The zero-order valence-corrected chi connectivity index (χ0v) is 23.2. The van der Waals surface area contributed by atoms with E-state index in [-0.39, 0.29) is 17.3 Å². The standard InChI is InChI=1S/C31H36N4O4/c1-30(2,3)39-29(37)26-23-16-21(9-10-24(23)31(4,5)18-34-26)35-28(36)22-7-6-13-32-27(22)33-17-19-8-11-25-20(15-19)12-14-38-25/h6-11,13,15-16,26,34H,12,14,17-18H2,1-5H3,(H,32,33)(H,35,36). The number of anilines is 2. The summed E-state index contributed by atoms with van der Waals surface area (Å²) in [4.78, 5) is 30.8. The van der Waals surface area contributed by atoms with Gasteiger partial charge in [0.15, 0.2) is 0 Å². The van der Waals surface area contributed by atoms with E-state index in [1.807, 2.05) is 51.1 Å². The number of aromatic nitrogens is 1. The lowest BCUT2D eigenvalue weighted by molar-refractivity contribution is -0.158. The monoisotopic (exact) mass is 528 g/mol. The van der Waals surface area contributed by atoms with Gasteiger partial charge in [0.25, 0.3) is 5.91 Å². The zero-order valence-electron chi connectivity index (χ0n) is 23.2. The van der Waals surface area contributed by atoms with Gasteiger partial charge in [0.1, 0.15) is 23.2 Å². The molecule has 0 saturated carbocycles. The largest absolute Gasteiger partial charge is 0.493 e. The van der Waals surface area contributed by atoms with E-state index in [1.54, 1.807) is 18.3 Å². The zero-order chi connectivity index (χ0) is 27.8. The second kappa shape index (κ2) is 10.3. The molecule has 1 atom stereocenters. The Hall–Kier alpha value is -3.91. The lowest BCUT2D eigenvalue weighted by Crippen LogP contribution is -2.46. The molecule has 204 valence electrons. The minimum Gasteiger partial charge on any atom is -0.493 e. The van der Waals surface area contributed by atoms with E-state index in [0.29, 0.717) is 36.8 Å². The first-order valence-corrected chi connectivity index (χ1v) is 13.4. The maximum Gasteiger partial charge on any atom is 0.328 e. The number of carbonyl (C=O) groups excluding carboxylic acids is 2. The van der Waals surface area contributed by atoms with Crippen molar-refractivity contribution in [1.82, 2.24) is 10.3 Å². The van der Waals surface area contributed by atoms with Crippen LogP contribution in [0.3, 0.4) is 0 Å². The molecular formula is C31H36N4O4. The Bertz CT molecular complexity index is 1410. The maximum atomic E-state index is 13.4. The molecule has 2 aliphatic rings. The molecule has 3 heterocycles. The topological polar surface area (TPSA) is 102 Å². The van der Waals surface area contributed by atoms with Crippen molar-refractivity contribution in [2.24, 2.45) is 0 Å². The van der Waals surface area contributed by atoms with Crippen molar-refractivity contribution in [3.8, 4) is 5.75 Å². The third-order valence-corrected chi connectivity index (χ3v) is 7.01. The van der Waals surface area contributed by atoms with Gasteiger partial charge in [-0.05, 0) is 73.4 Å². The number of amides is 1. The summed E-state index contributed by atoms with van der Waals surface area (Å²) in [6.07, 6.45) is 2.57. The summed E-state index contributed by atoms with van der Waals surface area (Å²) in [6, 6.07) is 14.7. The molecule has 8 heteroatoms. The van der Waals surface area contributed by atoms with Crippen LogP contribution < -0.4 is 20.7 Å². The predicted octanol–water partition coefficient (Wildman–Crippen LogP) is 5.14. The molecule has 3 N–H and O–H groups in total. The first-order valence-electron chi connectivity index (χ1n) is 13.4. The molecule has 0 bridgehead atoms. The minimum atomic E-state index is -0.613. The first kappa shape index (κ1) is 26.7. The Morgan fingerprint density at radius 1 is 1.15 bits per heavy atom. The molecule has 0 fully saturated rings. The molecule has 1 amide bonds. The molecule has 0 aliphatic carbocycles. The second-order valence-corrected chi connectivity index (χ2v) is 11.8. The molecule has 5 rings (SSSR count). The van der Waals surface area contributed by atoms with Gasteiger partial charge >= 0.3 is 5.97 Å². The van der Waals surface area contributed by atoms with Crippen molar-refractivity contribution in [3.63, 3.8) is 0 Å². The SMILES string of the molecule is CC(C)(C)OC(=O)C1NCC(C)(C)c2ccc(NC(=O)c3cccnc3NCc3ccc4c(c3)CCO4)cc21. The van der Waals surface area contributed by atoms with E-state index in [1.165, 1.54) is 5.56 Å². The van der Waals surface area contributed by atoms with E-state index < -0.39 is 11.6 Å². The number of nitrogens with one attached hydrogen (secondary N) is 3. The average molecular weight is 529 g/mol. The Labute approximate surface area is 229 Å². The van der Waals surface area contributed by atoms with Crippen LogP contribution in [0.1, 0.15) is 73.3 Å². The van der Waals surface area contributed by atoms with Crippen LogP contribution in [0.2, 0.25) is 0 Å². The van der Waals surface area contributed by atoms with Crippen molar-refractivity contribution in [2.75, 3.05) is 23.8 Å². The second-order valence-electron chi connectivity index (χ2n) is 11.8. The van der Waals surface area contributed by atoms with E-state index in [0.717, 1.165) is 28.9 Å². The number of fused-ring (bicyclic) bond motifs is 2. The Morgan fingerprint density at radius 3 is 2.77 bits per heavy atom. The maximum absolute atomic E-state index is 13.4. The van der Waals surface area contributed by atoms with E-state index in [4.69, 9.17) is 9.47 Å². The summed E-state index contributed by atoms with van der Waals surface area (Å²) < 4.78 is 11.3. The summed E-state index contributed by atoms with van der Waals surface area (Å²) in [5, 5.41) is 9.65. The first-order chi connectivity index (χ1) is 18.5. The molecule has 0 saturated heterocycles. The van der Waals surface area contributed by atoms with Crippen LogP contribution in [0, 0.1) is 0 Å². The Kier molecular flexibility index (Phi) is 7.07. The number of esters is 1. The number of hydrogen-bond donors (Lipinski definition) is 3. The molecule has 39 heavy (non-hydrogen) atoms. The molecule has 1 aromatic heterocycles. The van der Waals surface area contributed by atoms with E-state index >= 15 is 0 Å². The highest BCUT2D eigenvalue weighted by molar-refractivity contribution is 6.07. The van der Waals surface area contributed by atoms with Gasteiger partial charge < -0.3 is 20.1 Å². The Morgan fingerprint density at radius 2 is 1.97 bits per heavy atom. The van der Waals surface area contributed by atoms with Gasteiger partial charge in [-0.1, -0.05) is 32.0 Å². The number of rotatable bonds is 6. The quantitative estimate of drug-likeness (QED) is 0.381. The molecule has 1 unspecified atom stereocenters. The number of hydrogen-bond acceptors (Lipinski definition) is 7. The molecule has 2 aromatic carbocycles. The normalized spacial score (nSPS) is 17.4. The van der Waals surface area contributed by atoms with Gasteiger partial charge in [0.2, 0.25) is 0 Å². The van der Waals surface area contributed by atoms with Gasteiger partial charge in [0, 0.05) is 36.8 Å². The van der Waals surface area contributed by atoms with Crippen LogP contribution in [-0.2, 0) is 27.9 Å². The Balaban J connectivity index is 1.35. The lowest BCUT2D eigenvalue weighted by Gasteiger charge is -2.38. The lowest BCUT2D eigenvalue weighted by atomic mass is 9.76. The molecular weight excluding hydrogens is 492 g/mol. The summed E-state index contributed by atoms with van der Waals surface area (Å²) in [7, 11) is 0. The van der Waals surface area contributed by atoms with Gasteiger partial charge in [0.05, 0.1) is 12.2 Å². The van der Waals surface area contributed by atoms with Crippen molar-refractivity contribution in [1.29, 1.82) is 0 Å². The van der Waals surface area contributed by atoms with Crippen LogP contribution in [0.4, 0.5) is 11.5 Å². The third-order valence-electron chi connectivity index (χ3n) is 7.01. The summed E-state index contributed by atoms with van der Waals surface area (Å²) in [6.45, 7) is 11.7. The van der Waals surface area contributed by atoms with Crippen LogP contribution in [0.5, 0.6) is 5.75 Å². The molecule has 2 aliphatic heterocycles. The smallest absolute Gasteiger partial charge is 0.328 e. The van der Waals surface area contributed by atoms with Gasteiger partial charge in [-0.15, -0.1) is 0 Å². The fourth-order valence-corrected chi connectivity index (χ4v) is 5.09.